The van der Waals surface area contributed by atoms with Crippen LogP contribution in [0.4, 0.5) is 0 Å². The topological polar surface area (TPSA) is 41.9 Å². The van der Waals surface area contributed by atoms with Crippen LogP contribution in [-0.4, -0.2) is 11.6 Å². The molecule has 0 amide bonds. The first-order valence-corrected chi connectivity index (χ1v) is 9.55. The molecule has 0 aliphatic rings. The van der Waals surface area contributed by atoms with Crippen LogP contribution in [0, 0.1) is 13.8 Å². The first-order valence-electron chi connectivity index (χ1n) is 9.55. The summed E-state index contributed by atoms with van der Waals surface area (Å²) in [5, 5.41) is 0. The van der Waals surface area contributed by atoms with Crippen LogP contribution in [0.5, 0.6) is 0 Å². The quantitative estimate of drug-likeness (QED) is 0.228. The Hall–Kier alpha value is -2.18. The summed E-state index contributed by atoms with van der Waals surface area (Å²) in [5.74, 6) is 0.278. The van der Waals surface area contributed by atoms with Gasteiger partial charge in [0.05, 0.1) is 0 Å². The molecule has 0 atom stereocenters. The Bertz CT molecular complexity index is 989. The summed E-state index contributed by atoms with van der Waals surface area (Å²) in [5.41, 5.74) is 4.03. The van der Waals surface area contributed by atoms with Gasteiger partial charge in [0.15, 0.2) is 30.6 Å². The number of halogens is 2. The van der Waals surface area contributed by atoms with Crippen molar-refractivity contribution < 1.29 is 52.7 Å². The molecular weight excluding hydrogens is 508 g/mol. The zero-order valence-electron chi connectivity index (χ0n) is 17.2. The zero-order chi connectivity index (χ0) is 19.9. The monoisotopic (exact) mass is 532 g/mol. The first kappa shape index (κ1) is 25.9. The molecule has 0 aliphatic heterocycles. The van der Waals surface area contributed by atoms with E-state index in [1.165, 1.54) is 0 Å². The van der Waals surface area contributed by atoms with E-state index in [1.54, 1.807) is 0 Å². The van der Waals surface area contributed by atoms with Gasteiger partial charge in [0.1, 0.15) is 0 Å². The molecule has 2 heterocycles. The van der Waals surface area contributed by atoms with Crippen molar-refractivity contribution in [1.29, 1.82) is 0 Å². The molecule has 0 saturated carbocycles. The zero-order valence-corrected chi connectivity index (χ0v) is 20.4. The average Bonchev–Trinajstić information content (AvgIpc) is 2.67. The summed E-state index contributed by atoms with van der Waals surface area (Å²) in [6, 6.07) is 15.5. The predicted octanol–water partition coefficient (Wildman–Crippen LogP) is -3.03. The van der Waals surface area contributed by atoms with Crippen molar-refractivity contribution in [2.24, 2.45) is 0 Å². The van der Waals surface area contributed by atoms with Gasteiger partial charge in [0.2, 0.25) is 18.9 Å². The lowest BCUT2D eigenvalue weighted by Crippen LogP contribution is -3.00. The fourth-order valence-corrected chi connectivity index (χ4v) is 3.18. The summed E-state index contributed by atoms with van der Waals surface area (Å²) in [6.45, 7) is 4.75. The van der Waals surface area contributed by atoms with Gasteiger partial charge in [0, 0.05) is 35.2 Å². The summed E-state index contributed by atoms with van der Waals surface area (Å²) in [7, 11) is 0. The molecule has 2 aromatic heterocycles. The Morgan fingerprint density at radius 3 is 1.83 bits per heavy atom. The normalized spacial score (nSPS) is 9.93. The second-order valence-corrected chi connectivity index (χ2v) is 7.27. The number of hydrogen-bond donors (Lipinski definition) is 0. The highest BCUT2D eigenvalue weighted by Gasteiger charge is 2.13. The number of aromatic nitrogens is 2. The highest BCUT2D eigenvalue weighted by molar-refractivity contribution is 5.95. The highest BCUT2D eigenvalue weighted by Crippen LogP contribution is 2.08. The molecule has 0 saturated heterocycles. The van der Waals surface area contributed by atoms with E-state index in [9.17, 15) is 9.59 Å². The fourth-order valence-electron chi connectivity index (χ4n) is 3.18. The molecule has 0 bridgehead atoms. The average molecular weight is 534 g/mol. The number of carbonyl (C=O) groups is 2. The third-order valence-corrected chi connectivity index (χ3v) is 4.67. The third kappa shape index (κ3) is 7.92. The Kier molecular flexibility index (Phi) is 10.8. The van der Waals surface area contributed by atoms with Gasteiger partial charge < -0.3 is 34.0 Å². The third-order valence-electron chi connectivity index (χ3n) is 4.67. The number of Topliss-reactive ketones (excluding diaryl/α,β-unsaturated/α-hetero) is 2. The van der Waals surface area contributed by atoms with Gasteiger partial charge >= 0.3 is 0 Å². The first-order chi connectivity index (χ1) is 13.5. The molecular formula is C24H26Br2N2O2. The van der Waals surface area contributed by atoms with Crippen molar-refractivity contribution >= 4 is 11.6 Å². The van der Waals surface area contributed by atoms with Gasteiger partial charge in [-0.25, -0.2) is 0 Å². The van der Waals surface area contributed by atoms with Crippen LogP contribution in [0.1, 0.15) is 33.5 Å². The maximum absolute atomic E-state index is 12.5. The Morgan fingerprint density at radius 1 is 0.767 bits per heavy atom. The van der Waals surface area contributed by atoms with Crippen molar-refractivity contribution in [3.8, 4) is 0 Å². The summed E-state index contributed by atoms with van der Waals surface area (Å²) >= 11 is 0. The Balaban J connectivity index is 0.00000225. The molecule has 0 spiro atoms. The molecule has 0 radical (unpaired) electrons. The van der Waals surface area contributed by atoms with Crippen molar-refractivity contribution in [2.75, 3.05) is 0 Å². The maximum atomic E-state index is 12.5. The second kappa shape index (κ2) is 12.5. The number of aryl methyl sites for hydroxylation is 3. The van der Waals surface area contributed by atoms with Crippen molar-refractivity contribution in [3.63, 3.8) is 0 Å². The minimum Gasteiger partial charge on any atom is -1.00 e. The molecule has 0 N–H and O–H groups in total. The Labute approximate surface area is 199 Å². The van der Waals surface area contributed by atoms with E-state index in [4.69, 9.17) is 0 Å². The second-order valence-electron chi connectivity index (χ2n) is 7.27. The van der Waals surface area contributed by atoms with E-state index >= 15 is 0 Å². The smallest absolute Gasteiger partial charge is 0.227 e. The van der Waals surface area contributed by atoms with E-state index in [0.717, 1.165) is 16.7 Å². The van der Waals surface area contributed by atoms with Crippen LogP contribution < -0.4 is 43.1 Å². The number of rotatable bonds is 8. The van der Waals surface area contributed by atoms with Crippen molar-refractivity contribution in [1.82, 2.24) is 0 Å². The van der Waals surface area contributed by atoms with Gasteiger partial charge in [-0.2, -0.15) is 9.13 Å². The molecule has 158 valence electrons. The SMILES string of the molecule is Cc1ccc[n+](CC(=O)CCc2ccc(C(=O)C[n+]3cccc(C)c3)cc2)c1.[Br-].[Br-]. The van der Waals surface area contributed by atoms with E-state index in [-0.39, 0.29) is 45.5 Å². The van der Waals surface area contributed by atoms with Crippen molar-refractivity contribution in [3.05, 3.63) is 95.6 Å². The number of carbonyl (C=O) groups excluding carboxylic acids is 2. The van der Waals surface area contributed by atoms with Crippen LogP contribution in [0.3, 0.4) is 0 Å². The van der Waals surface area contributed by atoms with Gasteiger partial charge in [0.25, 0.3) is 0 Å². The van der Waals surface area contributed by atoms with E-state index in [1.807, 2.05) is 96.3 Å². The van der Waals surface area contributed by atoms with Gasteiger partial charge in [-0.05, 0) is 38.0 Å². The lowest BCUT2D eigenvalue weighted by molar-refractivity contribution is -0.684. The minimum absolute atomic E-state index is 0. The van der Waals surface area contributed by atoms with Crippen LogP contribution in [0.25, 0.3) is 0 Å². The molecule has 4 nitrogen and oxygen atoms in total. The molecule has 3 rings (SSSR count). The molecule has 3 aromatic rings. The van der Waals surface area contributed by atoms with Crippen LogP contribution in [0.15, 0.2) is 73.3 Å². The summed E-state index contributed by atoms with van der Waals surface area (Å²) in [4.78, 5) is 24.7. The van der Waals surface area contributed by atoms with Crippen LogP contribution in [0.2, 0.25) is 0 Å². The Morgan fingerprint density at radius 2 is 1.30 bits per heavy atom. The molecule has 1 aromatic carbocycles. The molecule has 0 aliphatic carbocycles. The largest absolute Gasteiger partial charge is 1.00 e. The lowest BCUT2D eigenvalue weighted by Gasteiger charge is -2.03. The van der Waals surface area contributed by atoms with E-state index in [2.05, 4.69) is 0 Å². The fraction of sp³-hybridized carbons (Fsp3) is 0.250. The van der Waals surface area contributed by atoms with Crippen LogP contribution in [-0.2, 0) is 24.3 Å². The number of nitrogens with zero attached hydrogens (tertiary/aromatic N) is 2. The molecule has 30 heavy (non-hydrogen) atoms. The van der Waals surface area contributed by atoms with Crippen molar-refractivity contribution in [2.45, 2.75) is 39.8 Å². The number of benzene rings is 1. The number of pyridine rings is 2. The predicted molar refractivity (Wildman–Crippen MR) is 107 cm³/mol. The highest BCUT2D eigenvalue weighted by atomic mass is 79.9. The maximum Gasteiger partial charge on any atom is 0.227 e. The lowest BCUT2D eigenvalue weighted by atomic mass is 10.0. The number of ketones is 2. The summed E-state index contributed by atoms with van der Waals surface area (Å²) in [6.07, 6.45) is 8.93. The molecule has 0 unspecified atom stereocenters. The van der Waals surface area contributed by atoms with Gasteiger partial charge in [-0.3, -0.25) is 9.59 Å². The van der Waals surface area contributed by atoms with E-state index in [0.29, 0.717) is 31.5 Å². The number of hydrogen-bond acceptors (Lipinski definition) is 2. The van der Waals surface area contributed by atoms with Gasteiger partial charge in [-0.1, -0.05) is 24.3 Å². The standard InChI is InChI=1S/C24H26N2O2.2BrH/c1-19-5-3-13-25(15-19)17-23(27)12-9-21-7-10-22(11-8-21)24(28)18-26-14-4-6-20(2)16-26;;/h3-8,10-11,13-16H,9,12,17-18H2,1-2H3;2*1H/q+2;;/p-2. The molecule has 6 heteroatoms. The minimum atomic E-state index is 0. The summed E-state index contributed by atoms with van der Waals surface area (Å²) < 4.78 is 3.82. The molecule has 0 fully saturated rings. The van der Waals surface area contributed by atoms with E-state index < -0.39 is 0 Å². The van der Waals surface area contributed by atoms with Gasteiger partial charge in [-0.15, -0.1) is 0 Å². The van der Waals surface area contributed by atoms with Crippen LogP contribution >= 0.6 is 0 Å².